The van der Waals surface area contributed by atoms with E-state index in [-0.39, 0.29) is 0 Å². The summed E-state index contributed by atoms with van der Waals surface area (Å²) in [5.41, 5.74) is 9.04. The Kier molecular flexibility index (Phi) is 2.58. The van der Waals surface area contributed by atoms with Crippen molar-refractivity contribution < 1.29 is 0 Å². The van der Waals surface area contributed by atoms with Crippen molar-refractivity contribution in [2.24, 2.45) is 5.92 Å². The lowest BCUT2D eigenvalue weighted by Crippen LogP contribution is -2.37. The number of imidazole rings is 1. The van der Waals surface area contributed by atoms with E-state index < -0.39 is 0 Å². The van der Waals surface area contributed by atoms with Gasteiger partial charge in [0.15, 0.2) is 5.82 Å². The van der Waals surface area contributed by atoms with Crippen molar-refractivity contribution in [3.8, 4) is 0 Å². The van der Waals surface area contributed by atoms with Gasteiger partial charge in [-0.05, 0) is 18.9 Å². The molecule has 1 unspecified atom stereocenters. The maximum Gasteiger partial charge on any atom is 0.206 e. The fraction of sp³-hybridized carbons (Fsp3) is 0.375. The summed E-state index contributed by atoms with van der Waals surface area (Å²) in [5.74, 6) is 2.15. The molecule has 0 spiro atoms. The molecule has 0 saturated heterocycles. The van der Waals surface area contributed by atoms with Crippen molar-refractivity contribution in [2.45, 2.75) is 20.4 Å². The van der Waals surface area contributed by atoms with E-state index in [0.29, 0.717) is 11.7 Å². The lowest BCUT2D eigenvalue weighted by Gasteiger charge is -2.32. The molecule has 0 saturated carbocycles. The first-order valence-electron chi connectivity index (χ1n) is 7.48. The number of benzene rings is 1. The third-order valence-corrected chi connectivity index (χ3v) is 4.28. The zero-order valence-electron chi connectivity index (χ0n) is 12.4. The van der Waals surface area contributed by atoms with Crippen LogP contribution in [0.4, 0.5) is 11.8 Å². The quantitative estimate of drug-likeness (QED) is 0.745. The summed E-state index contributed by atoms with van der Waals surface area (Å²) < 4.78 is 2.31. The molecule has 3 aromatic rings. The lowest BCUT2D eigenvalue weighted by atomic mass is 10.1. The van der Waals surface area contributed by atoms with E-state index in [0.717, 1.165) is 47.5 Å². The van der Waals surface area contributed by atoms with Gasteiger partial charge in [-0.15, -0.1) is 0 Å². The van der Waals surface area contributed by atoms with Gasteiger partial charge in [-0.25, -0.2) is 9.97 Å². The standard InChI is InChI=1S/C16H19N5/c1-3-20-8-10(2)9-21-14-11-6-4-5-7-12(11)18-15(17)13(14)19-16(20)21/h4-7,10H,3,8-9H2,1-2H3,(H2,17,18). The number of para-hydroxylation sites is 1. The molecule has 1 aromatic carbocycles. The van der Waals surface area contributed by atoms with Gasteiger partial charge in [-0.1, -0.05) is 25.1 Å². The average molecular weight is 281 g/mol. The van der Waals surface area contributed by atoms with Crippen LogP contribution < -0.4 is 10.6 Å². The van der Waals surface area contributed by atoms with Crippen LogP contribution in [0.5, 0.6) is 0 Å². The largest absolute Gasteiger partial charge is 0.382 e. The van der Waals surface area contributed by atoms with Crippen LogP contribution in [0.1, 0.15) is 13.8 Å². The molecular weight excluding hydrogens is 262 g/mol. The minimum Gasteiger partial charge on any atom is -0.382 e. The zero-order chi connectivity index (χ0) is 14.6. The maximum atomic E-state index is 6.15. The summed E-state index contributed by atoms with van der Waals surface area (Å²) in [5, 5.41) is 1.13. The maximum absolute atomic E-state index is 6.15. The highest BCUT2D eigenvalue weighted by molar-refractivity contribution is 6.07. The number of rotatable bonds is 1. The summed E-state index contributed by atoms with van der Waals surface area (Å²) in [6.07, 6.45) is 0. The Morgan fingerprint density at radius 2 is 2.05 bits per heavy atom. The number of pyridine rings is 1. The molecule has 2 aromatic heterocycles. The second-order valence-corrected chi connectivity index (χ2v) is 5.88. The van der Waals surface area contributed by atoms with Gasteiger partial charge in [0, 0.05) is 25.0 Å². The van der Waals surface area contributed by atoms with Gasteiger partial charge in [-0.3, -0.25) is 0 Å². The van der Waals surface area contributed by atoms with E-state index in [1.807, 2.05) is 18.2 Å². The number of nitrogens with zero attached hydrogens (tertiary/aromatic N) is 4. The second kappa shape index (κ2) is 4.35. The van der Waals surface area contributed by atoms with Crippen LogP contribution in [-0.4, -0.2) is 27.6 Å². The van der Waals surface area contributed by atoms with Gasteiger partial charge in [0.05, 0.1) is 11.0 Å². The van der Waals surface area contributed by atoms with E-state index in [9.17, 15) is 0 Å². The summed E-state index contributed by atoms with van der Waals surface area (Å²) >= 11 is 0. The fourth-order valence-electron chi connectivity index (χ4n) is 3.36. The van der Waals surface area contributed by atoms with Crippen LogP contribution in [-0.2, 0) is 6.54 Å². The second-order valence-electron chi connectivity index (χ2n) is 5.88. The average Bonchev–Trinajstić information content (AvgIpc) is 2.87. The smallest absolute Gasteiger partial charge is 0.206 e. The van der Waals surface area contributed by atoms with Crippen LogP contribution in [0.2, 0.25) is 0 Å². The molecule has 3 heterocycles. The number of aromatic nitrogens is 3. The zero-order valence-corrected chi connectivity index (χ0v) is 12.4. The van der Waals surface area contributed by atoms with Crippen molar-refractivity contribution in [1.82, 2.24) is 14.5 Å². The van der Waals surface area contributed by atoms with Gasteiger partial charge in [-0.2, -0.15) is 0 Å². The Labute approximate surface area is 123 Å². The first-order chi connectivity index (χ1) is 10.2. The van der Waals surface area contributed by atoms with E-state index in [1.165, 1.54) is 0 Å². The van der Waals surface area contributed by atoms with Crippen molar-refractivity contribution in [3.05, 3.63) is 24.3 Å². The highest BCUT2D eigenvalue weighted by atomic mass is 15.3. The number of nitrogens with two attached hydrogens (primary N) is 1. The fourth-order valence-corrected chi connectivity index (χ4v) is 3.36. The van der Waals surface area contributed by atoms with Crippen LogP contribution in [0.3, 0.4) is 0 Å². The van der Waals surface area contributed by atoms with Gasteiger partial charge in [0.2, 0.25) is 5.95 Å². The third kappa shape index (κ3) is 1.70. The Morgan fingerprint density at radius 3 is 2.86 bits per heavy atom. The molecule has 0 amide bonds. The van der Waals surface area contributed by atoms with Gasteiger partial charge >= 0.3 is 0 Å². The van der Waals surface area contributed by atoms with Crippen molar-refractivity contribution in [1.29, 1.82) is 0 Å². The molecule has 0 radical (unpaired) electrons. The predicted octanol–water partition coefficient (Wildman–Crippen LogP) is 2.64. The number of hydrogen-bond acceptors (Lipinski definition) is 4. The van der Waals surface area contributed by atoms with E-state index >= 15 is 0 Å². The molecule has 0 bridgehead atoms. The summed E-state index contributed by atoms with van der Waals surface area (Å²) in [6, 6.07) is 8.15. The first kappa shape index (κ1) is 12.4. The molecule has 1 aliphatic heterocycles. The highest BCUT2D eigenvalue weighted by Crippen LogP contribution is 2.34. The number of fused-ring (bicyclic) bond motifs is 5. The van der Waals surface area contributed by atoms with Crippen LogP contribution in [0.15, 0.2) is 24.3 Å². The van der Waals surface area contributed by atoms with Gasteiger partial charge < -0.3 is 15.2 Å². The van der Waals surface area contributed by atoms with Crippen molar-refractivity contribution in [2.75, 3.05) is 23.7 Å². The number of nitrogen functional groups attached to an aromatic ring is 1. The van der Waals surface area contributed by atoms with Crippen molar-refractivity contribution >= 4 is 33.7 Å². The Bertz CT molecular complexity index is 835. The van der Waals surface area contributed by atoms with Crippen LogP contribution in [0.25, 0.3) is 21.9 Å². The third-order valence-electron chi connectivity index (χ3n) is 4.28. The summed E-state index contributed by atoms with van der Waals surface area (Å²) in [6.45, 7) is 7.44. The van der Waals surface area contributed by atoms with Crippen LogP contribution in [0, 0.1) is 5.92 Å². The highest BCUT2D eigenvalue weighted by Gasteiger charge is 2.26. The van der Waals surface area contributed by atoms with E-state index in [1.54, 1.807) is 0 Å². The molecule has 4 rings (SSSR count). The Morgan fingerprint density at radius 1 is 1.24 bits per heavy atom. The van der Waals surface area contributed by atoms with Crippen molar-refractivity contribution in [3.63, 3.8) is 0 Å². The molecule has 5 nitrogen and oxygen atoms in total. The molecule has 5 heteroatoms. The predicted molar refractivity (Wildman–Crippen MR) is 86.5 cm³/mol. The topological polar surface area (TPSA) is 60.0 Å². The minimum atomic E-state index is 0.523. The number of hydrogen-bond donors (Lipinski definition) is 1. The molecule has 1 aliphatic rings. The normalized spacial score (nSPS) is 18.4. The molecule has 108 valence electrons. The lowest BCUT2D eigenvalue weighted by molar-refractivity contribution is 0.441. The van der Waals surface area contributed by atoms with E-state index in [4.69, 9.17) is 10.7 Å². The van der Waals surface area contributed by atoms with Crippen LogP contribution >= 0.6 is 0 Å². The summed E-state index contributed by atoms with van der Waals surface area (Å²) in [7, 11) is 0. The molecular formula is C16H19N5. The first-order valence-corrected chi connectivity index (χ1v) is 7.48. The number of anilines is 2. The Hall–Kier alpha value is -2.30. The van der Waals surface area contributed by atoms with Gasteiger partial charge in [0.1, 0.15) is 5.52 Å². The molecule has 0 fully saturated rings. The molecule has 21 heavy (non-hydrogen) atoms. The molecule has 0 aliphatic carbocycles. The summed E-state index contributed by atoms with van der Waals surface area (Å²) in [4.78, 5) is 11.6. The monoisotopic (exact) mass is 281 g/mol. The van der Waals surface area contributed by atoms with E-state index in [2.05, 4.69) is 34.4 Å². The molecule has 1 atom stereocenters. The Balaban J connectivity index is 2.14. The van der Waals surface area contributed by atoms with Gasteiger partial charge in [0.25, 0.3) is 0 Å². The minimum absolute atomic E-state index is 0.523. The molecule has 2 N–H and O–H groups in total. The SMILES string of the molecule is CCN1CC(C)Cn2c1nc1c(N)nc3ccccc3c12.